The topological polar surface area (TPSA) is 98.7 Å². The van der Waals surface area contributed by atoms with Gasteiger partial charge in [-0.15, -0.1) is 10.2 Å². The Morgan fingerprint density at radius 1 is 1.00 bits per heavy atom. The number of benzene rings is 1. The highest BCUT2D eigenvalue weighted by Crippen LogP contribution is 2.25. The predicted molar refractivity (Wildman–Crippen MR) is 111 cm³/mol. The van der Waals surface area contributed by atoms with Crippen LogP contribution in [-0.2, 0) is 4.79 Å². The fourth-order valence-electron chi connectivity index (χ4n) is 3.86. The number of anilines is 2. The third-order valence-electron chi connectivity index (χ3n) is 5.49. The van der Waals surface area contributed by atoms with Gasteiger partial charge in [-0.1, -0.05) is 12.1 Å². The van der Waals surface area contributed by atoms with Crippen LogP contribution in [0.4, 0.5) is 11.6 Å². The van der Waals surface area contributed by atoms with Gasteiger partial charge in [0.1, 0.15) is 11.9 Å². The van der Waals surface area contributed by atoms with Gasteiger partial charge in [-0.25, -0.2) is 0 Å². The Labute approximate surface area is 174 Å². The van der Waals surface area contributed by atoms with Crippen molar-refractivity contribution < 1.29 is 14.4 Å². The third-order valence-corrected chi connectivity index (χ3v) is 5.49. The van der Waals surface area contributed by atoms with E-state index in [1.807, 2.05) is 19.1 Å². The number of aromatic nitrogens is 2. The average Bonchev–Trinajstić information content (AvgIpc) is 3.04. The lowest BCUT2D eigenvalue weighted by Crippen LogP contribution is -2.55. The molecule has 1 atom stereocenters. The van der Waals surface area contributed by atoms with E-state index in [0.717, 1.165) is 23.1 Å². The summed E-state index contributed by atoms with van der Waals surface area (Å²) in [5.74, 6) is 0.442. The Bertz CT molecular complexity index is 934. The summed E-state index contributed by atoms with van der Waals surface area (Å²) in [6, 6.07) is 9.61. The molecule has 0 aliphatic carbocycles. The molecule has 1 unspecified atom stereocenters. The van der Waals surface area contributed by atoms with E-state index in [-0.39, 0.29) is 5.91 Å². The van der Waals surface area contributed by atoms with Gasteiger partial charge in [-0.2, -0.15) is 0 Å². The van der Waals surface area contributed by atoms with E-state index in [1.54, 1.807) is 36.1 Å². The molecule has 2 aromatic rings. The van der Waals surface area contributed by atoms with Gasteiger partial charge >= 0.3 is 0 Å². The SMILES string of the molecule is CCNc1ccc(N2CCN(C(=O)C(C)N3C(=O)c4ccccc4C3=O)CC2)nn1. The van der Waals surface area contributed by atoms with Crippen LogP contribution < -0.4 is 10.2 Å². The number of fused-ring (bicyclic) bond motifs is 1. The molecule has 1 N–H and O–H groups in total. The summed E-state index contributed by atoms with van der Waals surface area (Å²) in [6.07, 6.45) is 0. The molecule has 1 aromatic heterocycles. The zero-order valence-corrected chi connectivity index (χ0v) is 17.0. The molecule has 3 amide bonds. The van der Waals surface area contributed by atoms with Crippen LogP contribution in [0.2, 0.25) is 0 Å². The maximum absolute atomic E-state index is 13.0. The van der Waals surface area contributed by atoms with Crippen molar-refractivity contribution in [2.24, 2.45) is 0 Å². The number of carbonyl (C=O) groups is 3. The van der Waals surface area contributed by atoms with Crippen molar-refractivity contribution >= 4 is 29.4 Å². The van der Waals surface area contributed by atoms with Crippen LogP contribution in [0.1, 0.15) is 34.6 Å². The van der Waals surface area contributed by atoms with Crippen molar-refractivity contribution in [2.75, 3.05) is 42.9 Å². The largest absolute Gasteiger partial charge is 0.369 e. The van der Waals surface area contributed by atoms with Crippen molar-refractivity contribution in [3.05, 3.63) is 47.5 Å². The summed E-state index contributed by atoms with van der Waals surface area (Å²) in [5.41, 5.74) is 0.707. The monoisotopic (exact) mass is 408 g/mol. The van der Waals surface area contributed by atoms with E-state index < -0.39 is 17.9 Å². The molecule has 9 heteroatoms. The van der Waals surface area contributed by atoms with Gasteiger partial charge in [0.2, 0.25) is 5.91 Å². The fraction of sp³-hybridized carbons (Fsp3) is 0.381. The summed E-state index contributed by atoms with van der Waals surface area (Å²) >= 11 is 0. The van der Waals surface area contributed by atoms with Crippen LogP contribution in [0.25, 0.3) is 0 Å². The summed E-state index contributed by atoms with van der Waals surface area (Å²) in [5, 5.41) is 11.5. The Kier molecular flexibility index (Phi) is 5.35. The molecule has 156 valence electrons. The van der Waals surface area contributed by atoms with Crippen molar-refractivity contribution in [2.45, 2.75) is 19.9 Å². The Morgan fingerprint density at radius 2 is 1.63 bits per heavy atom. The molecule has 1 saturated heterocycles. The fourth-order valence-corrected chi connectivity index (χ4v) is 3.86. The number of rotatable bonds is 5. The van der Waals surface area contributed by atoms with E-state index >= 15 is 0 Å². The van der Waals surface area contributed by atoms with Crippen LogP contribution in [0.15, 0.2) is 36.4 Å². The van der Waals surface area contributed by atoms with E-state index in [2.05, 4.69) is 20.4 Å². The van der Waals surface area contributed by atoms with E-state index in [4.69, 9.17) is 0 Å². The third kappa shape index (κ3) is 3.47. The van der Waals surface area contributed by atoms with Crippen molar-refractivity contribution in [3.8, 4) is 0 Å². The minimum atomic E-state index is -0.844. The van der Waals surface area contributed by atoms with Crippen LogP contribution in [0, 0.1) is 0 Å². The minimum absolute atomic E-state index is 0.224. The number of imide groups is 1. The van der Waals surface area contributed by atoms with E-state index in [9.17, 15) is 14.4 Å². The maximum Gasteiger partial charge on any atom is 0.262 e. The van der Waals surface area contributed by atoms with Gasteiger partial charge in [0.15, 0.2) is 5.82 Å². The second-order valence-corrected chi connectivity index (χ2v) is 7.32. The van der Waals surface area contributed by atoms with Gasteiger partial charge < -0.3 is 15.1 Å². The molecule has 0 spiro atoms. The Hall–Kier alpha value is -3.49. The first-order valence-corrected chi connectivity index (χ1v) is 10.1. The predicted octanol–water partition coefficient (Wildman–Crippen LogP) is 1.24. The molecule has 1 fully saturated rings. The first kappa shape index (κ1) is 19.8. The molecule has 4 rings (SSSR count). The number of hydrogen-bond donors (Lipinski definition) is 1. The quantitative estimate of drug-likeness (QED) is 0.743. The smallest absolute Gasteiger partial charge is 0.262 e. The number of hydrogen-bond acceptors (Lipinski definition) is 7. The summed E-state index contributed by atoms with van der Waals surface area (Å²) < 4.78 is 0. The summed E-state index contributed by atoms with van der Waals surface area (Å²) in [6.45, 7) is 6.58. The molecule has 2 aliphatic heterocycles. The highest BCUT2D eigenvalue weighted by molar-refractivity contribution is 6.22. The first-order chi connectivity index (χ1) is 14.5. The number of nitrogens with zero attached hydrogens (tertiary/aromatic N) is 5. The lowest BCUT2D eigenvalue weighted by Gasteiger charge is -2.37. The number of nitrogens with one attached hydrogen (secondary N) is 1. The second-order valence-electron chi connectivity index (χ2n) is 7.32. The number of piperazine rings is 1. The summed E-state index contributed by atoms with van der Waals surface area (Å²) in [4.78, 5) is 43.2. The van der Waals surface area contributed by atoms with Crippen molar-refractivity contribution in [1.29, 1.82) is 0 Å². The molecule has 0 bridgehead atoms. The molecule has 0 radical (unpaired) electrons. The molecule has 1 aromatic carbocycles. The standard InChI is InChI=1S/C21H24N6O3/c1-3-22-17-8-9-18(24-23-17)25-10-12-26(13-11-25)19(28)14(2)27-20(29)15-6-4-5-7-16(15)21(27)30/h4-9,14H,3,10-13H2,1-2H3,(H,22,23). The molecular formula is C21H24N6O3. The normalized spacial score (nSPS) is 17.2. The van der Waals surface area contributed by atoms with Crippen molar-refractivity contribution in [3.63, 3.8) is 0 Å². The Balaban J connectivity index is 1.38. The van der Waals surface area contributed by atoms with E-state index in [0.29, 0.717) is 37.3 Å². The highest BCUT2D eigenvalue weighted by atomic mass is 16.2. The van der Waals surface area contributed by atoms with Crippen LogP contribution in [0.3, 0.4) is 0 Å². The summed E-state index contributed by atoms with van der Waals surface area (Å²) in [7, 11) is 0. The van der Waals surface area contributed by atoms with Gasteiger partial charge in [0, 0.05) is 32.7 Å². The zero-order chi connectivity index (χ0) is 21.3. The molecule has 2 aliphatic rings. The molecule has 9 nitrogen and oxygen atoms in total. The Morgan fingerprint density at radius 3 is 2.17 bits per heavy atom. The molecule has 3 heterocycles. The van der Waals surface area contributed by atoms with E-state index in [1.165, 1.54) is 0 Å². The van der Waals surface area contributed by atoms with Crippen LogP contribution in [0.5, 0.6) is 0 Å². The number of amides is 3. The lowest BCUT2D eigenvalue weighted by molar-refractivity contribution is -0.135. The number of carbonyl (C=O) groups excluding carboxylic acids is 3. The van der Waals surface area contributed by atoms with Gasteiger partial charge in [-0.05, 0) is 38.1 Å². The zero-order valence-electron chi connectivity index (χ0n) is 17.0. The molecule has 0 saturated carbocycles. The second kappa shape index (κ2) is 8.10. The van der Waals surface area contributed by atoms with Crippen LogP contribution in [-0.4, -0.2) is 76.5 Å². The highest BCUT2D eigenvalue weighted by Gasteiger charge is 2.42. The minimum Gasteiger partial charge on any atom is -0.369 e. The maximum atomic E-state index is 13.0. The molecule has 30 heavy (non-hydrogen) atoms. The van der Waals surface area contributed by atoms with Gasteiger partial charge in [0.05, 0.1) is 11.1 Å². The first-order valence-electron chi connectivity index (χ1n) is 10.1. The van der Waals surface area contributed by atoms with Gasteiger partial charge in [-0.3, -0.25) is 19.3 Å². The average molecular weight is 408 g/mol. The van der Waals surface area contributed by atoms with Gasteiger partial charge in [0.25, 0.3) is 11.8 Å². The van der Waals surface area contributed by atoms with Crippen molar-refractivity contribution in [1.82, 2.24) is 20.0 Å². The van der Waals surface area contributed by atoms with Crippen LogP contribution >= 0.6 is 0 Å². The lowest BCUT2D eigenvalue weighted by atomic mass is 10.1. The molecular weight excluding hydrogens is 384 g/mol.